The van der Waals surface area contributed by atoms with E-state index in [2.05, 4.69) is 18.0 Å². The number of likely N-dealkylation sites (tertiary alicyclic amines) is 1. The molecule has 23 heavy (non-hydrogen) atoms. The first-order chi connectivity index (χ1) is 11.2. The average Bonchev–Trinajstić information content (AvgIpc) is 3.27. The molecule has 0 radical (unpaired) electrons. The zero-order valence-electron chi connectivity index (χ0n) is 13.2. The standard InChI is InChI=1S/C18H19NO4/c1-19-6-5-18-11-8-3-4-10(21-2)14(11)23-17(18)13(20)16-15(22-16)12(18)9(19)7-8/h3-4,9,12,15-17H,5-7H2,1-2H3/t9-,12-,15?,16?,17+,18-/m1/s1. The maximum absolute atomic E-state index is 12.9. The van der Waals surface area contributed by atoms with Gasteiger partial charge in [0.15, 0.2) is 17.6 Å². The summed E-state index contributed by atoms with van der Waals surface area (Å²) in [5.74, 6) is 2.07. The second kappa shape index (κ2) is 3.73. The van der Waals surface area contributed by atoms with Crippen LogP contribution in [0.3, 0.4) is 0 Å². The molecular formula is C18H19NO4. The van der Waals surface area contributed by atoms with Crippen molar-refractivity contribution in [2.45, 2.75) is 42.6 Å². The van der Waals surface area contributed by atoms with Crippen molar-refractivity contribution in [2.24, 2.45) is 5.92 Å². The molecule has 5 aliphatic rings. The Hall–Kier alpha value is -1.59. The lowest BCUT2D eigenvalue weighted by Gasteiger charge is -2.55. The second-order valence-corrected chi connectivity index (χ2v) is 7.62. The van der Waals surface area contributed by atoms with Gasteiger partial charge in [-0.15, -0.1) is 0 Å². The number of likely N-dealkylation sites (N-methyl/N-ethyl adjacent to an activating group) is 1. The number of ketones is 1. The van der Waals surface area contributed by atoms with Gasteiger partial charge >= 0.3 is 0 Å². The number of rotatable bonds is 1. The summed E-state index contributed by atoms with van der Waals surface area (Å²) in [4.78, 5) is 15.3. The number of benzene rings is 1. The predicted molar refractivity (Wildman–Crippen MR) is 81.0 cm³/mol. The molecule has 3 aliphatic heterocycles. The Morgan fingerprint density at radius 1 is 1.39 bits per heavy atom. The molecule has 5 nitrogen and oxygen atoms in total. The minimum atomic E-state index is -0.391. The van der Waals surface area contributed by atoms with Gasteiger partial charge in [-0.2, -0.15) is 0 Å². The molecule has 2 aliphatic carbocycles. The van der Waals surface area contributed by atoms with E-state index in [1.165, 1.54) is 11.1 Å². The predicted octanol–water partition coefficient (Wildman–Crippen LogP) is 0.920. The largest absolute Gasteiger partial charge is 0.493 e. The topological polar surface area (TPSA) is 51.3 Å². The quantitative estimate of drug-likeness (QED) is 0.722. The van der Waals surface area contributed by atoms with Crippen molar-refractivity contribution < 1.29 is 19.0 Å². The van der Waals surface area contributed by atoms with Crippen molar-refractivity contribution in [3.05, 3.63) is 23.3 Å². The summed E-state index contributed by atoms with van der Waals surface area (Å²) in [6, 6.07) is 4.59. The Kier molecular flexibility index (Phi) is 2.07. The minimum absolute atomic E-state index is 0.0837. The lowest BCUT2D eigenvalue weighted by atomic mass is 9.51. The SMILES string of the molecule is COc1ccc2c3c1O[C@H]1C(=O)C4OC4[C@H]4[C@@H](C2)N(C)CC[C@]314. The normalized spacial score (nSPS) is 45.1. The Morgan fingerprint density at radius 3 is 3.09 bits per heavy atom. The van der Waals surface area contributed by atoms with E-state index in [1.54, 1.807) is 7.11 Å². The summed E-state index contributed by atoms with van der Waals surface area (Å²) < 4.78 is 17.6. The molecule has 1 aromatic rings. The molecule has 2 unspecified atom stereocenters. The van der Waals surface area contributed by atoms with Crippen LogP contribution in [0.4, 0.5) is 0 Å². The second-order valence-electron chi connectivity index (χ2n) is 7.62. The number of methoxy groups -OCH3 is 1. The molecule has 0 amide bonds. The lowest BCUT2D eigenvalue weighted by molar-refractivity contribution is -0.135. The van der Waals surface area contributed by atoms with Gasteiger partial charge in [0.05, 0.1) is 18.6 Å². The van der Waals surface area contributed by atoms with E-state index >= 15 is 0 Å². The van der Waals surface area contributed by atoms with Crippen LogP contribution < -0.4 is 9.47 Å². The third kappa shape index (κ3) is 1.22. The van der Waals surface area contributed by atoms with Crippen LogP contribution in [0.5, 0.6) is 11.5 Å². The highest BCUT2D eigenvalue weighted by atomic mass is 16.6. The van der Waals surface area contributed by atoms with Crippen LogP contribution >= 0.6 is 0 Å². The van der Waals surface area contributed by atoms with E-state index in [0.29, 0.717) is 12.0 Å². The first-order valence-electron chi connectivity index (χ1n) is 8.43. The summed E-state index contributed by atoms with van der Waals surface area (Å²) in [5.41, 5.74) is 2.37. The van der Waals surface area contributed by atoms with Gasteiger partial charge in [0.1, 0.15) is 6.10 Å². The van der Waals surface area contributed by atoms with E-state index in [1.807, 2.05) is 6.07 Å². The molecule has 2 saturated heterocycles. The van der Waals surface area contributed by atoms with Crippen LogP contribution in [0.1, 0.15) is 17.5 Å². The summed E-state index contributed by atoms with van der Waals surface area (Å²) in [6.07, 6.45) is 1.42. The van der Waals surface area contributed by atoms with E-state index in [0.717, 1.165) is 30.9 Å². The van der Waals surface area contributed by atoms with Gasteiger partial charge in [0, 0.05) is 17.5 Å². The number of hydrogen-bond acceptors (Lipinski definition) is 5. The smallest absolute Gasteiger partial charge is 0.205 e. The number of epoxide rings is 1. The van der Waals surface area contributed by atoms with Crippen LogP contribution in [-0.4, -0.2) is 55.7 Å². The van der Waals surface area contributed by atoms with E-state index in [9.17, 15) is 4.79 Å². The molecular weight excluding hydrogens is 294 g/mol. The number of carbonyl (C=O) groups excluding carboxylic acids is 1. The number of ether oxygens (including phenoxy) is 3. The highest BCUT2D eigenvalue weighted by Crippen LogP contribution is 2.66. The maximum Gasteiger partial charge on any atom is 0.205 e. The molecule has 3 heterocycles. The summed E-state index contributed by atoms with van der Waals surface area (Å²) in [6.45, 7) is 1.00. The molecule has 1 saturated carbocycles. The molecule has 6 atom stereocenters. The fourth-order valence-corrected chi connectivity index (χ4v) is 5.93. The van der Waals surface area contributed by atoms with Crippen molar-refractivity contribution in [3.63, 3.8) is 0 Å². The van der Waals surface area contributed by atoms with Crippen molar-refractivity contribution in [2.75, 3.05) is 20.7 Å². The van der Waals surface area contributed by atoms with Crippen molar-refractivity contribution in [3.8, 4) is 11.5 Å². The molecule has 6 rings (SSSR count). The highest BCUT2D eigenvalue weighted by Gasteiger charge is 2.75. The fourth-order valence-electron chi connectivity index (χ4n) is 5.93. The molecule has 2 bridgehead atoms. The van der Waals surface area contributed by atoms with Crippen molar-refractivity contribution >= 4 is 5.78 Å². The summed E-state index contributed by atoms with van der Waals surface area (Å²) >= 11 is 0. The van der Waals surface area contributed by atoms with Crippen LogP contribution in [-0.2, 0) is 21.4 Å². The first-order valence-corrected chi connectivity index (χ1v) is 8.43. The van der Waals surface area contributed by atoms with Gasteiger partial charge in [-0.25, -0.2) is 0 Å². The third-order valence-electron chi connectivity index (χ3n) is 6.90. The zero-order valence-corrected chi connectivity index (χ0v) is 13.2. The van der Waals surface area contributed by atoms with Crippen LogP contribution in [0, 0.1) is 5.92 Å². The number of hydrogen-bond donors (Lipinski definition) is 0. The lowest BCUT2D eigenvalue weighted by Crippen LogP contribution is -2.67. The van der Waals surface area contributed by atoms with Gasteiger partial charge in [-0.05, 0) is 38.1 Å². The zero-order chi connectivity index (χ0) is 15.5. The van der Waals surface area contributed by atoms with Crippen molar-refractivity contribution in [1.29, 1.82) is 0 Å². The summed E-state index contributed by atoms with van der Waals surface area (Å²) in [7, 11) is 3.87. The fraction of sp³-hybridized carbons (Fsp3) is 0.611. The number of piperidine rings is 1. The van der Waals surface area contributed by atoms with Crippen LogP contribution in [0.15, 0.2) is 12.1 Å². The van der Waals surface area contributed by atoms with E-state index in [4.69, 9.17) is 14.2 Å². The van der Waals surface area contributed by atoms with Gasteiger partial charge in [-0.1, -0.05) is 6.07 Å². The van der Waals surface area contributed by atoms with Gasteiger partial charge in [-0.3, -0.25) is 4.79 Å². The minimum Gasteiger partial charge on any atom is -0.493 e. The Morgan fingerprint density at radius 2 is 2.26 bits per heavy atom. The van der Waals surface area contributed by atoms with Crippen molar-refractivity contribution in [1.82, 2.24) is 4.90 Å². The van der Waals surface area contributed by atoms with E-state index < -0.39 is 6.10 Å². The highest BCUT2D eigenvalue weighted by molar-refractivity contribution is 5.95. The van der Waals surface area contributed by atoms with Crippen LogP contribution in [0.25, 0.3) is 0 Å². The molecule has 1 spiro atoms. The van der Waals surface area contributed by atoms with Gasteiger partial charge < -0.3 is 19.1 Å². The Labute approximate surface area is 134 Å². The molecule has 1 aromatic carbocycles. The first kappa shape index (κ1) is 12.8. The number of Topliss-reactive ketones (excluding diaryl/α,β-unsaturated/α-hetero) is 1. The van der Waals surface area contributed by atoms with E-state index in [-0.39, 0.29) is 23.4 Å². The third-order valence-corrected chi connectivity index (χ3v) is 6.90. The molecule has 120 valence electrons. The molecule has 0 aromatic heterocycles. The number of nitrogens with zero attached hydrogens (tertiary/aromatic N) is 1. The molecule has 5 heteroatoms. The van der Waals surface area contributed by atoms with Gasteiger partial charge in [0.2, 0.25) is 5.78 Å². The number of fused-ring (bicyclic) bond motifs is 1. The molecule has 0 N–H and O–H groups in total. The Bertz CT molecular complexity index is 762. The van der Waals surface area contributed by atoms with Gasteiger partial charge in [0.25, 0.3) is 0 Å². The molecule has 3 fully saturated rings. The summed E-state index contributed by atoms with van der Waals surface area (Å²) in [5, 5.41) is 0. The maximum atomic E-state index is 12.9. The average molecular weight is 313 g/mol. The monoisotopic (exact) mass is 313 g/mol. The number of carbonyl (C=O) groups is 1. The van der Waals surface area contributed by atoms with Crippen LogP contribution in [0.2, 0.25) is 0 Å². The Balaban J connectivity index is 1.68.